The van der Waals surface area contributed by atoms with Gasteiger partial charge in [0.2, 0.25) is 11.7 Å². The molecule has 2 aromatic heterocycles. The number of aromatic nitrogens is 3. The van der Waals surface area contributed by atoms with Crippen molar-refractivity contribution < 1.29 is 9.32 Å². The molecule has 124 valence electrons. The SMILES string of the molecule is Cc1ccc2cc(C(=O)Nc3cccc(-c4noc(C)n4)c3)[nH]c2c1. The van der Waals surface area contributed by atoms with Gasteiger partial charge in [0.1, 0.15) is 5.69 Å². The van der Waals surface area contributed by atoms with Gasteiger partial charge in [-0.15, -0.1) is 0 Å². The first-order chi connectivity index (χ1) is 12.1. The van der Waals surface area contributed by atoms with Gasteiger partial charge >= 0.3 is 0 Å². The lowest BCUT2D eigenvalue weighted by molar-refractivity contribution is 0.102. The third-order valence-electron chi connectivity index (χ3n) is 3.93. The van der Waals surface area contributed by atoms with Crippen LogP contribution in [-0.2, 0) is 0 Å². The minimum atomic E-state index is -0.199. The van der Waals surface area contributed by atoms with E-state index in [-0.39, 0.29) is 5.91 Å². The molecular weight excluding hydrogens is 316 g/mol. The number of benzene rings is 2. The Morgan fingerprint density at radius 3 is 2.80 bits per heavy atom. The van der Waals surface area contributed by atoms with Gasteiger partial charge in [-0.3, -0.25) is 4.79 Å². The molecule has 25 heavy (non-hydrogen) atoms. The molecule has 0 saturated carbocycles. The number of rotatable bonds is 3. The van der Waals surface area contributed by atoms with Crippen molar-refractivity contribution in [1.29, 1.82) is 0 Å². The third kappa shape index (κ3) is 3.01. The Kier molecular flexibility index (Phi) is 3.57. The van der Waals surface area contributed by atoms with E-state index >= 15 is 0 Å². The predicted molar refractivity (Wildman–Crippen MR) is 95.5 cm³/mol. The van der Waals surface area contributed by atoms with Crippen molar-refractivity contribution in [3.63, 3.8) is 0 Å². The van der Waals surface area contributed by atoms with Crippen LogP contribution in [0.2, 0.25) is 0 Å². The summed E-state index contributed by atoms with van der Waals surface area (Å²) in [4.78, 5) is 19.9. The average Bonchev–Trinajstić information content (AvgIpc) is 3.21. The largest absolute Gasteiger partial charge is 0.351 e. The first-order valence-corrected chi connectivity index (χ1v) is 7.90. The summed E-state index contributed by atoms with van der Waals surface area (Å²) in [6.45, 7) is 3.75. The molecule has 6 nitrogen and oxygen atoms in total. The van der Waals surface area contributed by atoms with Crippen LogP contribution >= 0.6 is 0 Å². The molecule has 0 atom stereocenters. The lowest BCUT2D eigenvalue weighted by Gasteiger charge is -2.04. The fraction of sp³-hybridized carbons (Fsp3) is 0.105. The molecule has 2 heterocycles. The molecule has 6 heteroatoms. The fourth-order valence-electron chi connectivity index (χ4n) is 2.71. The Balaban J connectivity index is 1.59. The van der Waals surface area contributed by atoms with Crippen molar-refractivity contribution in [3.05, 3.63) is 65.7 Å². The second-order valence-corrected chi connectivity index (χ2v) is 5.95. The number of hydrogen-bond acceptors (Lipinski definition) is 4. The van der Waals surface area contributed by atoms with E-state index in [2.05, 4.69) is 20.4 Å². The van der Waals surface area contributed by atoms with E-state index in [1.807, 2.05) is 55.5 Å². The van der Waals surface area contributed by atoms with E-state index in [9.17, 15) is 4.79 Å². The number of H-pyrrole nitrogens is 1. The maximum Gasteiger partial charge on any atom is 0.272 e. The highest BCUT2D eigenvalue weighted by Crippen LogP contribution is 2.21. The normalized spacial score (nSPS) is 11.0. The van der Waals surface area contributed by atoms with Crippen molar-refractivity contribution in [2.45, 2.75) is 13.8 Å². The van der Waals surface area contributed by atoms with E-state index in [0.29, 0.717) is 23.1 Å². The van der Waals surface area contributed by atoms with Crippen molar-refractivity contribution >= 4 is 22.5 Å². The van der Waals surface area contributed by atoms with Gasteiger partial charge in [0, 0.05) is 29.1 Å². The van der Waals surface area contributed by atoms with Crippen LogP contribution in [0.15, 0.2) is 53.1 Å². The average molecular weight is 332 g/mol. The second-order valence-electron chi connectivity index (χ2n) is 5.95. The molecule has 0 aliphatic heterocycles. The number of nitrogens with one attached hydrogen (secondary N) is 2. The number of anilines is 1. The van der Waals surface area contributed by atoms with Crippen molar-refractivity contribution in [2.75, 3.05) is 5.32 Å². The van der Waals surface area contributed by atoms with Crippen LogP contribution in [0.25, 0.3) is 22.3 Å². The lowest BCUT2D eigenvalue weighted by Crippen LogP contribution is -2.12. The van der Waals surface area contributed by atoms with Crippen molar-refractivity contribution in [1.82, 2.24) is 15.1 Å². The standard InChI is InChI=1S/C19H16N4O2/c1-11-6-7-13-10-17(22-16(13)8-11)19(24)21-15-5-3-4-14(9-15)18-20-12(2)25-23-18/h3-10,22H,1-2H3,(H,21,24). The summed E-state index contributed by atoms with van der Waals surface area (Å²) in [5.74, 6) is 0.794. The van der Waals surface area contributed by atoms with Crippen LogP contribution in [0.3, 0.4) is 0 Å². The number of aromatic amines is 1. The minimum Gasteiger partial charge on any atom is -0.351 e. The van der Waals surface area contributed by atoms with Crippen LogP contribution in [0, 0.1) is 13.8 Å². The summed E-state index contributed by atoms with van der Waals surface area (Å²) in [7, 11) is 0. The summed E-state index contributed by atoms with van der Waals surface area (Å²) in [5, 5.41) is 7.80. The number of carbonyl (C=O) groups excluding carboxylic acids is 1. The van der Waals surface area contributed by atoms with Crippen LogP contribution in [0.1, 0.15) is 21.9 Å². The first-order valence-electron chi connectivity index (χ1n) is 7.90. The van der Waals surface area contributed by atoms with Crippen molar-refractivity contribution in [2.24, 2.45) is 0 Å². The predicted octanol–water partition coefficient (Wildman–Crippen LogP) is 4.09. The molecular formula is C19H16N4O2. The Bertz CT molecular complexity index is 1080. The van der Waals surface area contributed by atoms with Gasteiger partial charge in [-0.25, -0.2) is 0 Å². The number of amides is 1. The van der Waals surface area contributed by atoms with E-state index in [1.54, 1.807) is 6.92 Å². The summed E-state index contributed by atoms with van der Waals surface area (Å²) in [6.07, 6.45) is 0. The molecule has 4 aromatic rings. The zero-order valence-electron chi connectivity index (χ0n) is 13.8. The van der Waals surface area contributed by atoms with E-state index in [1.165, 1.54) is 0 Å². The fourth-order valence-corrected chi connectivity index (χ4v) is 2.71. The van der Waals surface area contributed by atoms with Gasteiger partial charge in [0.25, 0.3) is 5.91 Å². The van der Waals surface area contributed by atoms with Crippen LogP contribution in [-0.4, -0.2) is 21.0 Å². The van der Waals surface area contributed by atoms with Gasteiger partial charge in [-0.2, -0.15) is 4.98 Å². The molecule has 2 N–H and O–H groups in total. The zero-order chi connectivity index (χ0) is 17.4. The smallest absolute Gasteiger partial charge is 0.272 e. The maximum atomic E-state index is 12.5. The molecule has 0 spiro atoms. The highest BCUT2D eigenvalue weighted by Gasteiger charge is 2.11. The van der Waals surface area contributed by atoms with Gasteiger partial charge in [-0.1, -0.05) is 29.4 Å². The van der Waals surface area contributed by atoms with Crippen LogP contribution in [0.5, 0.6) is 0 Å². The number of carbonyl (C=O) groups is 1. The Labute approximate surface area is 143 Å². The molecule has 0 saturated heterocycles. The number of fused-ring (bicyclic) bond motifs is 1. The summed E-state index contributed by atoms with van der Waals surface area (Å²) in [5.41, 5.74) is 4.05. The Hall–Kier alpha value is -3.41. The lowest BCUT2D eigenvalue weighted by atomic mass is 10.2. The highest BCUT2D eigenvalue weighted by molar-refractivity contribution is 6.06. The topological polar surface area (TPSA) is 83.8 Å². The van der Waals surface area contributed by atoms with E-state index in [4.69, 9.17) is 4.52 Å². The Morgan fingerprint density at radius 1 is 1.12 bits per heavy atom. The number of nitrogens with zero attached hydrogens (tertiary/aromatic N) is 2. The van der Waals surface area contributed by atoms with Crippen molar-refractivity contribution in [3.8, 4) is 11.4 Å². The molecule has 0 unspecified atom stereocenters. The minimum absolute atomic E-state index is 0.199. The summed E-state index contributed by atoms with van der Waals surface area (Å²) >= 11 is 0. The molecule has 0 aliphatic carbocycles. The van der Waals surface area contributed by atoms with Gasteiger partial charge < -0.3 is 14.8 Å². The molecule has 2 aromatic carbocycles. The maximum absolute atomic E-state index is 12.5. The second kappa shape index (κ2) is 5.90. The monoisotopic (exact) mass is 332 g/mol. The van der Waals surface area contributed by atoms with E-state index in [0.717, 1.165) is 22.0 Å². The van der Waals surface area contributed by atoms with Crippen LogP contribution in [0.4, 0.5) is 5.69 Å². The molecule has 4 rings (SSSR count). The molecule has 1 amide bonds. The van der Waals surface area contributed by atoms with E-state index < -0.39 is 0 Å². The summed E-state index contributed by atoms with van der Waals surface area (Å²) < 4.78 is 5.00. The van der Waals surface area contributed by atoms with Crippen LogP contribution < -0.4 is 5.32 Å². The molecule has 0 bridgehead atoms. The quantitative estimate of drug-likeness (QED) is 0.592. The van der Waals surface area contributed by atoms with Gasteiger partial charge in [-0.05, 0) is 36.8 Å². The Morgan fingerprint density at radius 2 is 2.00 bits per heavy atom. The molecule has 0 radical (unpaired) electrons. The summed E-state index contributed by atoms with van der Waals surface area (Å²) in [6, 6.07) is 15.2. The number of aryl methyl sites for hydroxylation is 2. The number of hydrogen-bond donors (Lipinski definition) is 2. The third-order valence-corrected chi connectivity index (χ3v) is 3.93. The first kappa shape index (κ1) is 15.1. The zero-order valence-corrected chi connectivity index (χ0v) is 13.8. The van der Waals surface area contributed by atoms with Gasteiger partial charge in [0.05, 0.1) is 0 Å². The highest BCUT2D eigenvalue weighted by atomic mass is 16.5. The van der Waals surface area contributed by atoms with Gasteiger partial charge in [0.15, 0.2) is 0 Å². The molecule has 0 fully saturated rings. The molecule has 0 aliphatic rings.